The van der Waals surface area contributed by atoms with Gasteiger partial charge in [0.25, 0.3) is 0 Å². The van der Waals surface area contributed by atoms with Gasteiger partial charge in [0, 0.05) is 17.5 Å². The summed E-state index contributed by atoms with van der Waals surface area (Å²) >= 11 is 1.73. The first kappa shape index (κ1) is 19.8. The lowest BCUT2D eigenvalue weighted by Gasteiger charge is -2.28. The predicted molar refractivity (Wildman–Crippen MR) is 120 cm³/mol. The van der Waals surface area contributed by atoms with Crippen molar-refractivity contribution in [2.24, 2.45) is 7.05 Å². The third kappa shape index (κ3) is 4.10. The van der Waals surface area contributed by atoms with Crippen LogP contribution in [0.3, 0.4) is 0 Å². The molecule has 0 fully saturated rings. The largest absolute Gasteiger partial charge is 0.340 e. The summed E-state index contributed by atoms with van der Waals surface area (Å²) in [5.74, 6) is 0.890. The Kier molecular flexibility index (Phi) is 5.50. The number of rotatable bonds is 5. The van der Waals surface area contributed by atoms with Crippen LogP contribution in [-0.4, -0.2) is 15.5 Å². The van der Waals surface area contributed by atoms with Crippen molar-refractivity contribution in [2.45, 2.75) is 50.0 Å². The average Bonchev–Trinajstić information content (AvgIpc) is 3.07. The first-order chi connectivity index (χ1) is 14.0. The molecule has 1 heterocycles. The van der Waals surface area contributed by atoms with E-state index in [0.29, 0.717) is 0 Å². The van der Waals surface area contributed by atoms with Crippen molar-refractivity contribution in [3.05, 3.63) is 70.9 Å². The van der Waals surface area contributed by atoms with Gasteiger partial charge in [0.2, 0.25) is 5.91 Å². The fourth-order valence-corrected chi connectivity index (χ4v) is 5.12. The van der Waals surface area contributed by atoms with E-state index in [1.807, 2.05) is 57.3 Å². The molecule has 0 bridgehead atoms. The summed E-state index contributed by atoms with van der Waals surface area (Å²) in [4.78, 5) is 20.5. The molecule has 0 spiro atoms. The Labute approximate surface area is 176 Å². The highest BCUT2D eigenvalue weighted by atomic mass is 32.2. The van der Waals surface area contributed by atoms with Gasteiger partial charge in [-0.2, -0.15) is 0 Å². The van der Waals surface area contributed by atoms with Gasteiger partial charge in [-0.3, -0.25) is 4.79 Å². The molecule has 1 N–H and O–H groups in total. The van der Waals surface area contributed by atoms with Crippen LogP contribution in [0.15, 0.2) is 70.0 Å². The second-order valence-corrected chi connectivity index (χ2v) is 9.25. The summed E-state index contributed by atoms with van der Waals surface area (Å²) in [5.41, 5.74) is 2.38. The van der Waals surface area contributed by atoms with E-state index in [-0.39, 0.29) is 5.91 Å². The van der Waals surface area contributed by atoms with E-state index in [1.165, 1.54) is 9.80 Å². The molecule has 0 saturated heterocycles. The summed E-state index contributed by atoms with van der Waals surface area (Å²) < 4.78 is 2.07. The number of allylic oxidation sites excluding steroid dienone is 1. The minimum absolute atomic E-state index is 0.0280. The molecule has 1 amide bonds. The number of hydrogen-bond acceptors (Lipinski definition) is 3. The van der Waals surface area contributed by atoms with Crippen LogP contribution >= 0.6 is 11.8 Å². The number of nitrogens with one attached hydrogen (secondary N) is 1. The van der Waals surface area contributed by atoms with Gasteiger partial charge in [-0.25, -0.2) is 4.98 Å². The summed E-state index contributed by atoms with van der Waals surface area (Å²) in [6.07, 6.45) is 4.00. The molecule has 2 aromatic carbocycles. The second-order valence-electron chi connectivity index (χ2n) is 8.09. The standard InChI is InChI=1S/C24H27N3OS/c1-24(2,23-25-19-14-8-9-15-20(19)27(23)3)26-22(28)18-13-7-10-16-21(18)29-17-11-5-4-6-12-17/h4-6,8-9,11-12,14-15H,7,10,13,16H2,1-3H3,(H,26,28). The Bertz CT molecular complexity index is 1070. The van der Waals surface area contributed by atoms with Gasteiger partial charge in [0.1, 0.15) is 5.82 Å². The number of benzene rings is 2. The number of fused-ring (bicyclic) bond motifs is 1. The molecule has 1 aliphatic rings. The maximum atomic E-state index is 13.3. The third-order valence-corrected chi connectivity index (χ3v) is 6.65. The zero-order valence-corrected chi connectivity index (χ0v) is 18.1. The van der Waals surface area contributed by atoms with Crippen molar-refractivity contribution in [1.82, 2.24) is 14.9 Å². The Morgan fingerprint density at radius 1 is 1.03 bits per heavy atom. The smallest absolute Gasteiger partial charge is 0.248 e. The van der Waals surface area contributed by atoms with Crippen LogP contribution in [-0.2, 0) is 17.4 Å². The molecule has 0 radical (unpaired) electrons. The molecular formula is C24H27N3OS. The molecule has 0 atom stereocenters. The Morgan fingerprint density at radius 3 is 2.48 bits per heavy atom. The van der Waals surface area contributed by atoms with Crippen LogP contribution in [0.5, 0.6) is 0 Å². The minimum atomic E-state index is -0.572. The van der Waals surface area contributed by atoms with E-state index in [2.05, 4.69) is 28.1 Å². The highest BCUT2D eigenvalue weighted by Gasteiger charge is 2.31. The molecule has 4 nitrogen and oxygen atoms in total. The molecule has 1 aliphatic carbocycles. The van der Waals surface area contributed by atoms with Gasteiger partial charge in [0.05, 0.1) is 16.6 Å². The van der Waals surface area contributed by atoms with E-state index in [1.54, 1.807) is 11.8 Å². The molecule has 0 unspecified atom stereocenters. The van der Waals surface area contributed by atoms with E-state index in [0.717, 1.165) is 48.1 Å². The first-order valence-corrected chi connectivity index (χ1v) is 11.0. The predicted octanol–water partition coefficient (Wildman–Crippen LogP) is 5.55. The number of aromatic nitrogens is 2. The molecule has 3 aromatic rings. The maximum absolute atomic E-state index is 13.3. The molecule has 4 rings (SSSR count). The van der Waals surface area contributed by atoms with E-state index in [9.17, 15) is 4.79 Å². The third-order valence-electron chi connectivity index (χ3n) is 5.45. The summed E-state index contributed by atoms with van der Waals surface area (Å²) in [6, 6.07) is 18.4. The Balaban J connectivity index is 1.61. The lowest BCUT2D eigenvalue weighted by atomic mass is 9.96. The first-order valence-electron chi connectivity index (χ1n) is 10.1. The van der Waals surface area contributed by atoms with Crippen LogP contribution < -0.4 is 5.32 Å². The van der Waals surface area contributed by atoms with Crippen molar-refractivity contribution >= 4 is 28.7 Å². The van der Waals surface area contributed by atoms with Crippen LogP contribution in [0.1, 0.15) is 45.4 Å². The van der Waals surface area contributed by atoms with Gasteiger partial charge in [0.15, 0.2) is 0 Å². The summed E-state index contributed by atoms with van der Waals surface area (Å²) in [7, 11) is 2.01. The number of carbonyl (C=O) groups excluding carboxylic acids is 1. The molecule has 29 heavy (non-hydrogen) atoms. The zero-order chi connectivity index (χ0) is 20.4. The Morgan fingerprint density at radius 2 is 1.72 bits per heavy atom. The van der Waals surface area contributed by atoms with E-state index >= 15 is 0 Å². The van der Waals surface area contributed by atoms with Crippen LogP contribution in [0.4, 0.5) is 0 Å². The lowest BCUT2D eigenvalue weighted by Crippen LogP contribution is -2.43. The topological polar surface area (TPSA) is 46.9 Å². The number of thioether (sulfide) groups is 1. The lowest BCUT2D eigenvalue weighted by molar-refractivity contribution is -0.119. The van der Waals surface area contributed by atoms with Crippen molar-refractivity contribution in [3.63, 3.8) is 0 Å². The van der Waals surface area contributed by atoms with Crippen LogP contribution in [0, 0.1) is 0 Å². The van der Waals surface area contributed by atoms with Gasteiger partial charge in [-0.05, 0) is 68.7 Å². The zero-order valence-electron chi connectivity index (χ0n) is 17.2. The van der Waals surface area contributed by atoms with Gasteiger partial charge in [-0.15, -0.1) is 0 Å². The summed E-state index contributed by atoms with van der Waals surface area (Å²) in [5, 5.41) is 3.27. The average molecular weight is 406 g/mol. The number of nitrogens with zero attached hydrogens (tertiary/aromatic N) is 2. The highest BCUT2D eigenvalue weighted by Crippen LogP contribution is 2.38. The monoisotopic (exact) mass is 405 g/mol. The maximum Gasteiger partial charge on any atom is 0.248 e. The second kappa shape index (κ2) is 8.07. The highest BCUT2D eigenvalue weighted by molar-refractivity contribution is 8.03. The fraction of sp³-hybridized carbons (Fsp3) is 0.333. The fourth-order valence-electron chi connectivity index (χ4n) is 3.98. The number of carbonyl (C=O) groups is 1. The SMILES string of the molecule is Cn1c(C(C)(C)NC(=O)C2=C(Sc3ccccc3)CCCC2)nc2ccccc21. The quantitative estimate of drug-likeness (QED) is 0.606. The van der Waals surface area contributed by atoms with E-state index < -0.39 is 5.54 Å². The normalized spacial score (nSPS) is 15.0. The number of hydrogen-bond donors (Lipinski definition) is 1. The molecule has 5 heteroatoms. The van der Waals surface area contributed by atoms with Crippen molar-refractivity contribution in [1.29, 1.82) is 0 Å². The summed E-state index contributed by atoms with van der Waals surface area (Å²) in [6.45, 7) is 4.05. The van der Waals surface area contributed by atoms with Gasteiger partial charge in [-0.1, -0.05) is 42.1 Å². The number of para-hydroxylation sites is 2. The van der Waals surface area contributed by atoms with Gasteiger partial charge >= 0.3 is 0 Å². The molecule has 0 aliphatic heterocycles. The number of imidazole rings is 1. The van der Waals surface area contributed by atoms with E-state index in [4.69, 9.17) is 4.98 Å². The van der Waals surface area contributed by atoms with Crippen molar-refractivity contribution in [2.75, 3.05) is 0 Å². The molecule has 0 saturated carbocycles. The van der Waals surface area contributed by atoms with Crippen LogP contribution in [0.25, 0.3) is 11.0 Å². The number of amides is 1. The molecule has 1 aromatic heterocycles. The number of aryl methyl sites for hydroxylation is 1. The Hall–Kier alpha value is -2.53. The molecular weight excluding hydrogens is 378 g/mol. The minimum Gasteiger partial charge on any atom is -0.340 e. The van der Waals surface area contributed by atoms with Crippen molar-refractivity contribution in [3.8, 4) is 0 Å². The molecule has 150 valence electrons. The van der Waals surface area contributed by atoms with Crippen LogP contribution in [0.2, 0.25) is 0 Å². The van der Waals surface area contributed by atoms with Crippen molar-refractivity contribution < 1.29 is 4.79 Å². The van der Waals surface area contributed by atoms with Gasteiger partial charge < -0.3 is 9.88 Å².